The molecule has 0 spiro atoms. The summed E-state index contributed by atoms with van der Waals surface area (Å²) < 4.78 is 0. The summed E-state index contributed by atoms with van der Waals surface area (Å²) in [5, 5.41) is 8.66. The van der Waals surface area contributed by atoms with Gasteiger partial charge in [0.15, 0.2) is 0 Å². The van der Waals surface area contributed by atoms with Gasteiger partial charge in [-0.15, -0.1) is 0 Å². The van der Waals surface area contributed by atoms with Gasteiger partial charge < -0.3 is 9.80 Å². The lowest BCUT2D eigenvalue weighted by molar-refractivity contribution is 0.0706. The normalized spacial score (nSPS) is 12.9. The fourth-order valence-corrected chi connectivity index (χ4v) is 2.92. The van der Waals surface area contributed by atoms with Crippen molar-refractivity contribution in [1.82, 2.24) is 5.48 Å². The van der Waals surface area contributed by atoms with Crippen LogP contribution in [0.3, 0.4) is 0 Å². The maximum Gasteiger partial charge on any atom is 0.274 e. The van der Waals surface area contributed by atoms with Crippen LogP contribution in [0.2, 0.25) is 0 Å². The van der Waals surface area contributed by atoms with Crippen molar-refractivity contribution in [2.24, 2.45) is 0 Å². The van der Waals surface area contributed by atoms with E-state index in [0.29, 0.717) is 5.56 Å². The lowest BCUT2D eigenvalue weighted by atomic mass is 10.1. The number of anilines is 2. The Hall–Kier alpha value is -2.53. The van der Waals surface area contributed by atoms with Crippen molar-refractivity contribution in [3.05, 3.63) is 59.2 Å². The van der Waals surface area contributed by atoms with Crippen molar-refractivity contribution in [2.75, 3.05) is 30.4 Å². The Kier molecular flexibility index (Phi) is 4.21. The number of hydrogen-bond acceptors (Lipinski definition) is 4. The molecule has 2 aromatic carbocycles. The number of hydroxylamine groups is 1. The molecule has 120 valence electrons. The van der Waals surface area contributed by atoms with Crippen LogP contribution in [-0.4, -0.2) is 31.8 Å². The number of nitrogens with zero attached hydrogens (tertiary/aromatic N) is 2. The van der Waals surface area contributed by atoms with Crippen LogP contribution in [0.4, 0.5) is 11.4 Å². The van der Waals surface area contributed by atoms with E-state index in [-0.39, 0.29) is 0 Å². The van der Waals surface area contributed by atoms with Crippen LogP contribution < -0.4 is 15.3 Å². The van der Waals surface area contributed by atoms with E-state index in [1.807, 2.05) is 26.2 Å². The van der Waals surface area contributed by atoms with Gasteiger partial charge in [-0.1, -0.05) is 18.2 Å². The third kappa shape index (κ3) is 3.14. The van der Waals surface area contributed by atoms with E-state index in [0.717, 1.165) is 25.1 Å². The molecule has 0 bridgehead atoms. The summed E-state index contributed by atoms with van der Waals surface area (Å²) in [4.78, 5) is 15.8. The van der Waals surface area contributed by atoms with Crippen LogP contribution in [0.15, 0.2) is 42.5 Å². The lowest BCUT2D eigenvalue weighted by Gasteiger charge is -2.22. The lowest BCUT2D eigenvalue weighted by Crippen LogP contribution is -2.21. The van der Waals surface area contributed by atoms with Gasteiger partial charge in [0.25, 0.3) is 5.91 Å². The summed E-state index contributed by atoms with van der Waals surface area (Å²) in [6.07, 6.45) is 1.06. The zero-order valence-corrected chi connectivity index (χ0v) is 13.4. The molecule has 23 heavy (non-hydrogen) atoms. The van der Waals surface area contributed by atoms with E-state index in [9.17, 15) is 4.79 Å². The maximum absolute atomic E-state index is 11.4. The number of benzene rings is 2. The number of carbonyl (C=O) groups excluding carboxylic acids is 1. The molecule has 3 rings (SSSR count). The summed E-state index contributed by atoms with van der Waals surface area (Å²) >= 11 is 0. The fourth-order valence-electron chi connectivity index (χ4n) is 2.92. The minimum absolute atomic E-state index is 0.452. The van der Waals surface area contributed by atoms with Crippen molar-refractivity contribution in [1.29, 1.82) is 0 Å². The second-order valence-electron chi connectivity index (χ2n) is 6.02. The van der Waals surface area contributed by atoms with E-state index in [4.69, 9.17) is 5.21 Å². The molecule has 0 aromatic heterocycles. The zero-order chi connectivity index (χ0) is 16.4. The van der Waals surface area contributed by atoms with Crippen LogP contribution in [0.25, 0.3) is 0 Å². The molecule has 1 heterocycles. The Morgan fingerprint density at radius 1 is 1.22 bits per heavy atom. The zero-order valence-electron chi connectivity index (χ0n) is 13.4. The summed E-state index contributed by atoms with van der Waals surface area (Å²) in [5.41, 5.74) is 7.11. The van der Waals surface area contributed by atoms with Crippen molar-refractivity contribution < 1.29 is 10.0 Å². The Morgan fingerprint density at radius 3 is 2.61 bits per heavy atom. The summed E-state index contributed by atoms with van der Waals surface area (Å²) in [6.45, 7) is 1.82. The standard InChI is InChI=1S/C18H21N3O2/c1-20(2)16-8-7-14-9-10-21(17(14)11-16)12-13-3-5-15(6-4-13)18(22)19-23/h3-8,11,23H,9-10,12H2,1-2H3,(H,19,22). The molecule has 0 saturated heterocycles. The average molecular weight is 311 g/mol. The van der Waals surface area contributed by atoms with E-state index in [1.165, 1.54) is 16.9 Å². The molecule has 0 saturated carbocycles. The highest BCUT2D eigenvalue weighted by molar-refractivity contribution is 5.93. The molecule has 0 fully saturated rings. The van der Waals surface area contributed by atoms with Gasteiger partial charge in [0.1, 0.15) is 0 Å². The van der Waals surface area contributed by atoms with Gasteiger partial charge in [0, 0.05) is 44.1 Å². The largest absolute Gasteiger partial charge is 0.378 e. The van der Waals surface area contributed by atoms with Gasteiger partial charge in [-0.05, 0) is 41.8 Å². The van der Waals surface area contributed by atoms with E-state index < -0.39 is 5.91 Å². The van der Waals surface area contributed by atoms with Crippen molar-refractivity contribution in [3.8, 4) is 0 Å². The van der Waals surface area contributed by atoms with Crippen LogP contribution in [0.1, 0.15) is 21.5 Å². The smallest absolute Gasteiger partial charge is 0.274 e. The summed E-state index contributed by atoms with van der Waals surface area (Å²) in [7, 11) is 4.10. The van der Waals surface area contributed by atoms with Crippen LogP contribution in [0, 0.1) is 0 Å². The molecule has 0 radical (unpaired) electrons. The third-order valence-corrected chi connectivity index (χ3v) is 4.27. The van der Waals surface area contributed by atoms with Gasteiger partial charge in [-0.2, -0.15) is 0 Å². The maximum atomic E-state index is 11.4. The fraction of sp³-hybridized carbons (Fsp3) is 0.278. The Balaban J connectivity index is 1.78. The molecule has 1 amide bonds. The second kappa shape index (κ2) is 6.30. The van der Waals surface area contributed by atoms with E-state index >= 15 is 0 Å². The SMILES string of the molecule is CN(C)c1ccc2c(c1)N(Cc1ccc(C(=O)NO)cc1)CC2. The molecular formula is C18H21N3O2. The predicted octanol–water partition coefficient (Wildman–Crippen LogP) is 2.43. The molecule has 1 aliphatic rings. The van der Waals surface area contributed by atoms with Gasteiger partial charge in [-0.3, -0.25) is 10.0 Å². The minimum Gasteiger partial charge on any atom is -0.378 e. The molecule has 0 unspecified atom stereocenters. The first-order valence-corrected chi connectivity index (χ1v) is 7.67. The highest BCUT2D eigenvalue weighted by Gasteiger charge is 2.20. The predicted molar refractivity (Wildman–Crippen MR) is 91.2 cm³/mol. The molecule has 5 heteroatoms. The topological polar surface area (TPSA) is 55.8 Å². The van der Waals surface area contributed by atoms with Gasteiger partial charge >= 0.3 is 0 Å². The Labute approximate surface area is 136 Å². The number of amides is 1. The van der Waals surface area contributed by atoms with E-state index in [2.05, 4.69) is 28.0 Å². The quantitative estimate of drug-likeness (QED) is 0.672. The molecule has 0 atom stereocenters. The van der Waals surface area contributed by atoms with Crippen LogP contribution >= 0.6 is 0 Å². The molecule has 5 nitrogen and oxygen atoms in total. The van der Waals surface area contributed by atoms with E-state index in [1.54, 1.807) is 17.6 Å². The highest BCUT2D eigenvalue weighted by Crippen LogP contribution is 2.32. The minimum atomic E-state index is -0.487. The van der Waals surface area contributed by atoms with Gasteiger partial charge in [-0.25, -0.2) is 5.48 Å². The second-order valence-corrected chi connectivity index (χ2v) is 6.02. The van der Waals surface area contributed by atoms with Crippen molar-refractivity contribution in [2.45, 2.75) is 13.0 Å². The van der Waals surface area contributed by atoms with Crippen molar-refractivity contribution in [3.63, 3.8) is 0 Å². The number of hydrogen-bond donors (Lipinski definition) is 2. The number of fused-ring (bicyclic) bond motifs is 1. The third-order valence-electron chi connectivity index (χ3n) is 4.27. The Morgan fingerprint density at radius 2 is 1.96 bits per heavy atom. The Bertz CT molecular complexity index is 711. The molecule has 0 aliphatic carbocycles. The van der Waals surface area contributed by atoms with Crippen LogP contribution in [-0.2, 0) is 13.0 Å². The van der Waals surface area contributed by atoms with Crippen molar-refractivity contribution >= 4 is 17.3 Å². The average Bonchev–Trinajstić information content (AvgIpc) is 2.97. The van der Waals surface area contributed by atoms with Gasteiger partial charge in [0.05, 0.1) is 0 Å². The summed E-state index contributed by atoms with van der Waals surface area (Å²) in [5.74, 6) is -0.487. The molecule has 2 aromatic rings. The first kappa shape index (κ1) is 15.4. The number of nitrogens with one attached hydrogen (secondary N) is 1. The summed E-state index contributed by atoms with van der Waals surface area (Å²) in [6, 6.07) is 13.9. The molecule has 1 aliphatic heterocycles. The first-order chi connectivity index (χ1) is 11.1. The molecular weight excluding hydrogens is 290 g/mol. The number of rotatable bonds is 4. The number of carbonyl (C=O) groups is 1. The highest BCUT2D eigenvalue weighted by atomic mass is 16.5. The monoisotopic (exact) mass is 311 g/mol. The van der Waals surface area contributed by atoms with Gasteiger partial charge in [0.2, 0.25) is 0 Å². The molecule has 2 N–H and O–H groups in total. The van der Waals surface area contributed by atoms with Crippen LogP contribution in [0.5, 0.6) is 0 Å². The first-order valence-electron chi connectivity index (χ1n) is 7.67.